The molecule has 164 valence electrons. The Labute approximate surface area is 177 Å². The number of nitrogens with two attached hydrogens (primary N) is 1. The van der Waals surface area contributed by atoms with Gasteiger partial charge in [-0.15, -0.1) is 0 Å². The molecular formula is C22H31N3O5. The quantitative estimate of drug-likeness (QED) is 0.627. The first kappa shape index (κ1) is 26.9. The molecule has 2 aromatic rings. The van der Waals surface area contributed by atoms with Crippen molar-refractivity contribution in [3.63, 3.8) is 0 Å². The third kappa shape index (κ3) is 8.94. The number of hydrogen-bond donors (Lipinski definition) is 2. The van der Waals surface area contributed by atoms with Gasteiger partial charge in [0.05, 0.1) is 5.56 Å². The van der Waals surface area contributed by atoms with E-state index in [0.29, 0.717) is 23.5 Å². The van der Waals surface area contributed by atoms with Crippen LogP contribution in [0.5, 0.6) is 0 Å². The van der Waals surface area contributed by atoms with E-state index in [1.54, 1.807) is 29.9 Å². The van der Waals surface area contributed by atoms with Crippen LogP contribution in [0.2, 0.25) is 0 Å². The Morgan fingerprint density at radius 1 is 1.17 bits per heavy atom. The maximum atomic E-state index is 12.1. The first-order valence-electron chi connectivity index (χ1n) is 9.87. The molecule has 0 unspecified atom stereocenters. The molecule has 1 aromatic carbocycles. The average molecular weight is 418 g/mol. The molecule has 0 saturated heterocycles. The predicted octanol–water partition coefficient (Wildman–Crippen LogP) is 3.63. The van der Waals surface area contributed by atoms with Crippen molar-refractivity contribution < 1.29 is 24.3 Å². The monoisotopic (exact) mass is 417 g/mol. The summed E-state index contributed by atoms with van der Waals surface area (Å²) in [6.07, 6.45) is 6.55. The predicted molar refractivity (Wildman–Crippen MR) is 113 cm³/mol. The summed E-state index contributed by atoms with van der Waals surface area (Å²) in [7, 11) is 1.77. The first-order valence-corrected chi connectivity index (χ1v) is 9.87. The number of carboxylic acids is 1. The van der Waals surface area contributed by atoms with Crippen LogP contribution in [-0.4, -0.2) is 39.1 Å². The Hall–Kier alpha value is -3.09. The first-order chi connectivity index (χ1) is 14.3. The third-order valence-corrected chi connectivity index (χ3v) is 4.12. The van der Waals surface area contributed by atoms with Crippen LogP contribution in [0.3, 0.4) is 0 Å². The fourth-order valence-corrected chi connectivity index (χ4v) is 2.55. The number of aromatic nitrogens is 2. The van der Waals surface area contributed by atoms with E-state index in [0.717, 1.165) is 24.9 Å². The van der Waals surface area contributed by atoms with Gasteiger partial charge >= 0.3 is 12.1 Å². The Bertz CT molecular complexity index is 850. The zero-order chi connectivity index (χ0) is 23.1. The molecule has 0 spiro atoms. The van der Waals surface area contributed by atoms with Crippen molar-refractivity contribution >= 4 is 17.9 Å². The number of carbonyl (C=O) groups is 2. The highest BCUT2D eigenvalue weighted by Gasteiger charge is 2.18. The molecule has 3 N–H and O–H groups in total. The van der Waals surface area contributed by atoms with Crippen LogP contribution >= 0.6 is 0 Å². The van der Waals surface area contributed by atoms with E-state index >= 15 is 0 Å². The summed E-state index contributed by atoms with van der Waals surface area (Å²) < 4.78 is 1.70. The number of hydrogen-bond acceptors (Lipinski definition) is 6. The number of unbranched alkanes of at least 4 members (excludes halogenated alkanes) is 2. The molecule has 0 aliphatic heterocycles. The number of rotatable bonds is 8. The smallest absolute Gasteiger partial charge is 0.373 e. The second-order valence-corrected chi connectivity index (χ2v) is 6.67. The van der Waals surface area contributed by atoms with Gasteiger partial charge < -0.3 is 15.4 Å². The summed E-state index contributed by atoms with van der Waals surface area (Å²) in [5.74, 6) is -0.509. The van der Waals surface area contributed by atoms with Crippen molar-refractivity contribution in [2.75, 3.05) is 6.54 Å². The highest BCUT2D eigenvalue weighted by molar-refractivity contribution is 5.97. The molecule has 1 aromatic heterocycles. The number of Topliss-reactive ketones (excluding diaryl/α,β-unsaturated/α-hetero) is 1. The van der Waals surface area contributed by atoms with Gasteiger partial charge in [-0.2, -0.15) is 9.59 Å². The molecule has 1 heterocycles. The van der Waals surface area contributed by atoms with Crippen LogP contribution in [0.15, 0.2) is 24.4 Å². The Kier molecular flexibility index (Phi) is 13.3. The molecule has 0 aliphatic carbocycles. The van der Waals surface area contributed by atoms with E-state index in [1.807, 2.05) is 19.9 Å². The van der Waals surface area contributed by atoms with Gasteiger partial charge in [0.25, 0.3) is 0 Å². The fourth-order valence-electron chi connectivity index (χ4n) is 2.55. The standard InChI is InChI=1S/C17H20N2O3.C4H11N.CO2/c1-4-5-6-15(20)14-10-19(3)16(18-14)12-8-7-11(2)9-13(12)17(21)22;1-2-3-4-5;2-1-3/h7-10H,4-6H2,1-3H3,(H,21,22);2-5H2,1H3;. The van der Waals surface area contributed by atoms with Crippen molar-refractivity contribution in [3.05, 3.63) is 41.2 Å². The lowest BCUT2D eigenvalue weighted by atomic mass is 10.0. The lowest BCUT2D eigenvalue weighted by Gasteiger charge is -2.07. The van der Waals surface area contributed by atoms with E-state index in [1.165, 1.54) is 12.8 Å². The lowest BCUT2D eigenvalue weighted by molar-refractivity contribution is -0.191. The second kappa shape index (κ2) is 14.8. The van der Waals surface area contributed by atoms with Crippen LogP contribution < -0.4 is 5.73 Å². The molecule has 0 bridgehead atoms. The number of aromatic carboxylic acids is 1. The highest BCUT2D eigenvalue weighted by atomic mass is 16.4. The van der Waals surface area contributed by atoms with Crippen LogP contribution in [0.4, 0.5) is 0 Å². The van der Waals surface area contributed by atoms with Gasteiger partial charge in [-0.3, -0.25) is 4.79 Å². The number of carboxylic acid groups (broad SMARTS) is 1. The lowest BCUT2D eigenvalue weighted by Crippen LogP contribution is -2.03. The zero-order valence-electron chi connectivity index (χ0n) is 18.1. The average Bonchev–Trinajstić information content (AvgIpc) is 3.09. The molecule has 0 radical (unpaired) electrons. The van der Waals surface area contributed by atoms with Gasteiger partial charge in [0.2, 0.25) is 0 Å². The Morgan fingerprint density at radius 3 is 2.23 bits per heavy atom. The largest absolute Gasteiger partial charge is 0.478 e. The van der Waals surface area contributed by atoms with Crippen LogP contribution in [-0.2, 0) is 16.6 Å². The SMILES string of the molecule is CCCCC(=O)c1cn(C)c(-c2ccc(C)cc2C(=O)O)n1.CCCCN.O=C=O. The minimum Gasteiger partial charge on any atom is -0.478 e. The number of imidazole rings is 1. The second-order valence-electron chi connectivity index (χ2n) is 6.67. The van der Waals surface area contributed by atoms with E-state index < -0.39 is 5.97 Å². The fraction of sp³-hybridized carbons (Fsp3) is 0.455. The molecule has 0 aliphatic rings. The topological polar surface area (TPSA) is 132 Å². The number of benzene rings is 1. The molecule has 0 atom stereocenters. The summed E-state index contributed by atoms with van der Waals surface area (Å²) in [6.45, 7) is 6.85. The number of carbonyl (C=O) groups excluding carboxylic acids is 3. The molecule has 0 fully saturated rings. The molecule has 30 heavy (non-hydrogen) atoms. The normalized spacial score (nSPS) is 9.50. The molecule has 8 heteroatoms. The summed E-state index contributed by atoms with van der Waals surface area (Å²) in [4.78, 5) is 44.1. The Morgan fingerprint density at radius 2 is 1.77 bits per heavy atom. The molecule has 2 rings (SSSR count). The summed E-state index contributed by atoms with van der Waals surface area (Å²) in [5.41, 5.74) is 7.12. The number of nitrogens with zero attached hydrogens (tertiary/aromatic N) is 2. The van der Waals surface area contributed by atoms with Gasteiger partial charge in [-0.1, -0.05) is 44.4 Å². The van der Waals surface area contributed by atoms with Gasteiger partial charge in [0, 0.05) is 25.2 Å². The summed E-state index contributed by atoms with van der Waals surface area (Å²) in [6, 6.07) is 5.20. The third-order valence-electron chi connectivity index (χ3n) is 4.12. The van der Waals surface area contributed by atoms with Crippen LogP contribution in [0.1, 0.15) is 72.4 Å². The minimum atomic E-state index is -0.999. The van der Waals surface area contributed by atoms with E-state index in [9.17, 15) is 14.7 Å². The van der Waals surface area contributed by atoms with Crippen molar-refractivity contribution in [3.8, 4) is 11.4 Å². The highest BCUT2D eigenvalue weighted by Crippen LogP contribution is 2.24. The van der Waals surface area contributed by atoms with Crippen LogP contribution in [0.25, 0.3) is 11.4 Å². The van der Waals surface area contributed by atoms with Crippen molar-refractivity contribution in [2.24, 2.45) is 12.8 Å². The Balaban J connectivity index is 0.000000902. The van der Waals surface area contributed by atoms with Crippen molar-refractivity contribution in [1.82, 2.24) is 9.55 Å². The van der Waals surface area contributed by atoms with Gasteiger partial charge in [-0.05, 0) is 32.4 Å². The molecular weight excluding hydrogens is 386 g/mol. The number of ketones is 1. The maximum absolute atomic E-state index is 12.1. The summed E-state index contributed by atoms with van der Waals surface area (Å²) in [5, 5.41) is 9.37. The van der Waals surface area contributed by atoms with Crippen molar-refractivity contribution in [2.45, 2.75) is 52.9 Å². The van der Waals surface area contributed by atoms with E-state index in [-0.39, 0.29) is 17.5 Å². The van der Waals surface area contributed by atoms with Gasteiger partial charge in [0.1, 0.15) is 11.5 Å². The van der Waals surface area contributed by atoms with Crippen LogP contribution in [0, 0.1) is 6.92 Å². The van der Waals surface area contributed by atoms with Crippen molar-refractivity contribution in [1.29, 1.82) is 0 Å². The number of aryl methyl sites for hydroxylation is 2. The molecule has 0 amide bonds. The maximum Gasteiger partial charge on any atom is 0.373 e. The zero-order valence-corrected chi connectivity index (χ0v) is 18.1. The molecule has 8 nitrogen and oxygen atoms in total. The van der Waals surface area contributed by atoms with Gasteiger partial charge in [-0.25, -0.2) is 9.78 Å². The minimum absolute atomic E-state index is 0.00677. The van der Waals surface area contributed by atoms with E-state index in [2.05, 4.69) is 11.9 Å². The molecule has 0 saturated carbocycles. The van der Waals surface area contributed by atoms with Gasteiger partial charge in [0.15, 0.2) is 5.78 Å². The summed E-state index contributed by atoms with van der Waals surface area (Å²) >= 11 is 0. The van der Waals surface area contributed by atoms with E-state index in [4.69, 9.17) is 15.3 Å².